The first-order valence-electron chi connectivity index (χ1n) is 19.2. The number of unbranched alkanes of at least 4 members (excludes halogenated alkanes) is 17. The number of aliphatic carboxylic acids is 1. The first-order chi connectivity index (χ1) is 22.6. The average molecular weight is 641 g/mol. The van der Waals surface area contributed by atoms with E-state index >= 15 is 0 Å². The van der Waals surface area contributed by atoms with E-state index in [2.05, 4.69) is 67.7 Å². The molecule has 46 heavy (non-hydrogen) atoms. The molecule has 1 N–H and O–H groups in total. The van der Waals surface area contributed by atoms with Crippen LogP contribution in [0.2, 0.25) is 0 Å². The van der Waals surface area contributed by atoms with Crippen LogP contribution >= 0.6 is 0 Å². The van der Waals surface area contributed by atoms with E-state index < -0.39 is 5.97 Å². The third kappa shape index (κ3) is 37.8. The molecule has 4 heteroatoms. The summed E-state index contributed by atoms with van der Waals surface area (Å²) in [7, 11) is 0. The zero-order valence-corrected chi connectivity index (χ0v) is 30.1. The molecule has 264 valence electrons. The number of esters is 1. The quantitative estimate of drug-likeness (QED) is 0.0432. The van der Waals surface area contributed by atoms with E-state index in [0.717, 1.165) is 70.6 Å². The number of carboxylic acids is 1. The highest BCUT2D eigenvalue weighted by atomic mass is 16.5. The number of rotatable bonds is 34. The largest absolute Gasteiger partial charge is 0.481 e. The molecule has 0 aromatic carbocycles. The van der Waals surface area contributed by atoms with Gasteiger partial charge in [-0.1, -0.05) is 164 Å². The molecule has 0 amide bonds. The van der Waals surface area contributed by atoms with Gasteiger partial charge in [0.1, 0.15) is 0 Å². The topological polar surface area (TPSA) is 63.6 Å². The van der Waals surface area contributed by atoms with Crippen molar-refractivity contribution in [1.82, 2.24) is 0 Å². The Labute approximate surface area is 284 Å². The molecule has 0 heterocycles. The molecule has 0 spiro atoms. The van der Waals surface area contributed by atoms with Crippen LogP contribution in [0.3, 0.4) is 0 Å². The van der Waals surface area contributed by atoms with Crippen molar-refractivity contribution in [2.75, 3.05) is 0 Å². The van der Waals surface area contributed by atoms with Crippen LogP contribution in [-0.4, -0.2) is 23.1 Å². The van der Waals surface area contributed by atoms with E-state index in [1.807, 2.05) is 6.92 Å². The standard InChI is InChI=1S/C42H72O4/c1-3-4-5-6-7-8-9-10-11-13-18-21-24-27-30-33-36-39-42(45)46-40(2)37-34-31-28-25-22-19-16-14-12-15-17-20-23-26-29-32-35-38-41(43)44/h4-5,7-8,10-11,18,21,27,30,40H,3,6,9,12-17,19-20,22-26,28-29,31-39H2,1-2H3,(H,43,44)/b5-4-,8-7-,11-10-,21-18-,30-27-. The zero-order valence-electron chi connectivity index (χ0n) is 30.1. The van der Waals surface area contributed by atoms with E-state index in [1.165, 1.54) is 89.9 Å². The van der Waals surface area contributed by atoms with Gasteiger partial charge in [-0.2, -0.15) is 0 Å². The zero-order chi connectivity index (χ0) is 33.6. The summed E-state index contributed by atoms with van der Waals surface area (Å²) < 4.78 is 5.61. The van der Waals surface area contributed by atoms with Crippen LogP contribution in [0.5, 0.6) is 0 Å². The van der Waals surface area contributed by atoms with Crippen molar-refractivity contribution in [2.45, 2.75) is 193 Å². The van der Waals surface area contributed by atoms with E-state index in [-0.39, 0.29) is 12.1 Å². The number of ether oxygens (including phenoxy) is 1. The Morgan fingerprint density at radius 1 is 0.500 bits per heavy atom. The highest BCUT2D eigenvalue weighted by molar-refractivity contribution is 5.69. The minimum Gasteiger partial charge on any atom is -0.481 e. The normalized spacial score (nSPS) is 12.9. The highest BCUT2D eigenvalue weighted by Gasteiger charge is 2.08. The van der Waals surface area contributed by atoms with Gasteiger partial charge in [-0.05, 0) is 71.1 Å². The van der Waals surface area contributed by atoms with Gasteiger partial charge in [-0.25, -0.2) is 0 Å². The molecule has 0 fully saturated rings. The van der Waals surface area contributed by atoms with Gasteiger partial charge in [0.2, 0.25) is 0 Å². The van der Waals surface area contributed by atoms with Gasteiger partial charge in [0.15, 0.2) is 0 Å². The van der Waals surface area contributed by atoms with Crippen molar-refractivity contribution in [2.24, 2.45) is 0 Å². The van der Waals surface area contributed by atoms with Gasteiger partial charge in [0, 0.05) is 12.8 Å². The lowest BCUT2D eigenvalue weighted by atomic mass is 10.0. The predicted octanol–water partition coefficient (Wildman–Crippen LogP) is 13.3. The SMILES string of the molecule is CC/C=C\C/C=C\C/C=C\C/C=C\C/C=C\CCCC(=O)OC(C)CCCCCCCCCCCCCCCCCCCC(=O)O. The number of carbonyl (C=O) groups is 2. The van der Waals surface area contributed by atoms with Crippen LogP contribution in [0.1, 0.15) is 187 Å². The first-order valence-corrected chi connectivity index (χ1v) is 19.2. The van der Waals surface area contributed by atoms with Gasteiger partial charge in [0.25, 0.3) is 0 Å². The molecule has 1 atom stereocenters. The summed E-state index contributed by atoms with van der Waals surface area (Å²) in [5.41, 5.74) is 0. The number of carboxylic acid groups (broad SMARTS) is 1. The highest BCUT2D eigenvalue weighted by Crippen LogP contribution is 2.15. The maximum absolute atomic E-state index is 12.1. The second-order valence-electron chi connectivity index (χ2n) is 12.8. The van der Waals surface area contributed by atoms with Gasteiger partial charge in [-0.3, -0.25) is 9.59 Å². The van der Waals surface area contributed by atoms with Crippen molar-refractivity contribution >= 4 is 11.9 Å². The molecule has 0 aromatic heterocycles. The Hall–Kier alpha value is -2.36. The molecule has 4 nitrogen and oxygen atoms in total. The summed E-state index contributed by atoms with van der Waals surface area (Å²) >= 11 is 0. The van der Waals surface area contributed by atoms with Crippen molar-refractivity contribution in [3.8, 4) is 0 Å². The van der Waals surface area contributed by atoms with Crippen LogP contribution in [0, 0.1) is 0 Å². The third-order valence-electron chi connectivity index (χ3n) is 8.24. The fraction of sp³-hybridized carbons (Fsp3) is 0.714. The molecule has 0 saturated carbocycles. The summed E-state index contributed by atoms with van der Waals surface area (Å²) in [6.07, 6.45) is 52.3. The lowest BCUT2D eigenvalue weighted by molar-refractivity contribution is -0.148. The Morgan fingerprint density at radius 2 is 0.870 bits per heavy atom. The van der Waals surface area contributed by atoms with Gasteiger partial charge < -0.3 is 9.84 Å². The number of hydrogen-bond donors (Lipinski definition) is 1. The van der Waals surface area contributed by atoms with Crippen LogP contribution in [0.4, 0.5) is 0 Å². The second-order valence-corrected chi connectivity index (χ2v) is 12.8. The average Bonchev–Trinajstić information content (AvgIpc) is 3.03. The van der Waals surface area contributed by atoms with Crippen molar-refractivity contribution in [1.29, 1.82) is 0 Å². The minimum absolute atomic E-state index is 0.0324. The van der Waals surface area contributed by atoms with E-state index in [1.54, 1.807) is 0 Å². The Bertz CT molecular complexity index is 820. The van der Waals surface area contributed by atoms with E-state index in [9.17, 15) is 9.59 Å². The maximum Gasteiger partial charge on any atom is 0.306 e. The van der Waals surface area contributed by atoms with Gasteiger partial charge in [0.05, 0.1) is 6.10 Å². The van der Waals surface area contributed by atoms with E-state index in [0.29, 0.717) is 12.8 Å². The monoisotopic (exact) mass is 641 g/mol. The summed E-state index contributed by atoms with van der Waals surface area (Å²) in [6.45, 7) is 4.19. The molecular formula is C42H72O4. The molecule has 0 aliphatic heterocycles. The summed E-state index contributed by atoms with van der Waals surface area (Å²) in [4.78, 5) is 22.6. The summed E-state index contributed by atoms with van der Waals surface area (Å²) in [5, 5.41) is 8.64. The molecule has 0 aliphatic rings. The lowest BCUT2D eigenvalue weighted by Gasteiger charge is -2.13. The molecule has 0 rings (SSSR count). The molecular weight excluding hydrogens is 568 g/mol. The fourth-order valence-electron chi connectivity index (χ4n) is 5.43. The molecule has 0 saturated heterocycles. The summed E-state index contributed by atoms with van der Waals surface area (Å²) in [6, 6.07) is 0. The molecule has 0 aromatic rings. The fourth-order valence-corrected chi connectivity index (χ4v) is 5.43. The Kier molecular flexibility index (Phi) is 35.2. The maximum atomic E-state index is 12.1. The first kappa shape index (κ1) is 43.6. The van der Waals surface area contributed by atoms with Crippen molar-refractivity contribution < 1.29 is 19.4 Å². The van der Waals surface area contributed by atoms with Crippen LogP contribution in [-0.2, 0) is 14.3 Å². The lowest BCUT2D eigenvalue weighted by Crippen LogP contribution is -2.14. The van der Waals surface area contributed by atoms with Crippen LogP contribution in [0.15, 0.2) is 60.8 Å². The molecule has 1 unspecified atom stereocenters. The third-order valence-corrected chi connectivity index (χ3v) is 8.24. The second kappa shape index (κ2) is 37.1. The van der Waals surface area contributed by atoms with Crippen molar-refractivity contribution in [3.05, 3.63) is 60.8 Å². The van der Waals surface area contributed by atoms with E-state index in [4.69, 9.17) is 9.84 Å². The van der Waals surface area contributed by atoms with Gasteiger partial charge in [-0.15, -0.1) is 0 Å². The molecule has 0 radical (unpaired) electrons. The van der Waals surface area contributed by atoms with Gasteiger partial charge >= 0.3 is 11.9 Å². The molecule has 0 bridgehead atoms. The Balaban J connectivity index is 3.43. The number of allylic oxidation sites excluding steroid dienone is 10. The smallest absolute Gasteiger partial charge is 0.306 e. The predicted molar refractivity (Wildman–Crippen MR) is 199 cm³/mol. The molecule has 0 aliphatic carbocycles. The Morgan fingerprint density at radius 3 is 1.28 bits per heavy atom. The number of hydrogen-bond acceptors (Lipinski definition) is 3. The summed E-state index contributed by atoms with van der Waals surface area (Å²) in [5.74, 6) is -0.717. The van der Waals surface area contributed by atoms with Crippen LogP contribution in [0.25, 0.3) is 0 Å². The number of carbonyl (C=O) groups excluding carboxylic acids is 1. The minimum atomic E-state index is -0.665. The van der Waals surface area contributed by atoms with Crippen molar-refractivity contribution in [3.63, 3.8) is 0 Å². The van der Waals surface area contributed by atoms with Crippen LogP contribution < -0.4 is 0 Å².